The molecule has 0 aromatic carbocycles. The quantitative estimate of drug-likeness (QED) is 0.800. The van der Waals surface area contributed by atoms with Crippen LogP contribution in [0.3, 0.4) is 0 Å². The zero-order valence-electron chi connectivity index (χ0n) is 12.4. The second-order valence-electron chi connectivity index (χ2n) is 6.33. The van der Waals surface area contributed by atoms with Gasteiger partial charge in [-0.15, -0.1) is 0 Å². The van der Waals surface area contributed by atoms with Gasteiger partial charge in [-0.2, -0.15) is 0 Å². The monoisotopic (exact) mass is 269 g/mol. The van der Waals surface area contributed by atoms with E-state index in [1.165, 1.54) is 6.42 Å². The summed E-state index contributed by atoms with van der Waals surface area (Å²) >= 11 is 0. The van der Waals surface area contributed by atoms with Gasteiger partial charge >= 0.3 is 0 Å². The van der Waals surface area contributed by atoms with Crippen molar-refractivity contribution >= 4 is 5.91 Å². The topological polar surface area (TPSA) is 67.6 Å². The molecule has 5 nitrogen and oxygen atoms in total. The van der Waals surface area contributed by atoms with Gasteiger partial charge in [0.1, 0.15) is 5.54 Å². The Morgan fingerprint density at radius 1 is 1.37 bits per heavy atom. The Hall–Kier alpha value is -0.650. The van der Waals surface area contributed by atoms with Gasteiger partial charge in [0.2, 0.25) is 0 Å². The molecule has 3 N–H and O–H groups in total. The minimum absolute atomic E-state index is 0.0599. The van der Waals surface area contributed by atoms with Gasteiger partial charge in [0.25, 0.3) is 5.91 Å². The number of carbonyl (C=O) groups excluding carboxylic acids is 1. The Morgan fingerprint density at radius 2 is 2.00 bits per heavy atom. The maximum absolute atomic E-state index is 12.4. The maximum atomic E-state index is 12.4. The predicted molar refractivity (Wildman–Crippen MR) is 74.3 cm³/mol. The van der Waals surface area contributed by atoms with Crippen molar-refractivity contribution in [1.29, 1.82) is 0 Å². The first-order chi connectivity index (χ1) is 8.91. The molecule has 1 saturated carbocycles. The van der Waals surface area contributed by atoms with Crippen molar-refractivity contribution in [3.05, 3.63) is 0 Å². The van der Waals surface area contributed by atoms with E-state index >= 15 is 0 Å². The number of carbonyl (C=O) groups is 1. The summed E-state index contributed by atoms with van der Waals surface area (Å²) in [5.74, 6) is -0.0599. The normalized spacial score (nSPS) is 34.6. The highest BCUT2D eigenvalue weighted by molar-refractivity contribution is 5.88. The summed E-state index contributed by atoms with van der Waals surface area (Å²) in [5, 5.41) is 2.00. The number of amides is 1. The summed E-state index contributed by atoms with van der Waals surface area (Å²) in [6, 6.07) is 0. The van der Waals surface area contributed by atoms with E-state index in [9.17, 15) is 4.79 Å². The molecule has 0 bridgehead atoms. The third kappa shape index (κ3) is 2.51. The molecule has 1 aliphatic carbocycles. The van der Waals surface area contributed by atoms with Crippen LogP contribution in [0.15, 0.2) is 0 Å². The van der Waals surface area contributed by atoms with E-state index in [1.54, 1.807) is 0 Å². The summed E-state index contributed by atoms with van der Waals surface area (Å²) < 4.78 is 5.66. The lowest BCUT2D eigenvalue weighted by atomic mass is 9.54. The van der Waals surface area contributed by atoms with Crippen LogP contribution in [0.25, 0.3) is 0 Å². The molecule has 1 heterocycles. The Morgan fingerprint density at radius 3 is 2.53 bits per heavy atom. The number of ether oxygens (including phenoxy) is 1. The molecule has 0 aromatic rings. The van der Waals surface area contributed by atoms with E-state index in [1.807, 2.05) is 25.8 Å². The average molecular weight is 269 g/mol. The van der Waals surface area contributed by atoms with Crippen LogP contribution < -0.4 is 11.2 Å². The second kappa shape index (κ2) is 5.38. The smallest absolute Gasteiger partial charge is 0.255 e. The molecule has 0 spiro atoms. The highest BCUT2D eigenvalue weighted by Gasteiger charge is 2.63. The zero-order chi connectivity index (χ0) is 14.1. The molecule has 19 heavy (non-hydrogen) atoms. The van der Waals surface area contributed by atoms with Gasteiger partial charge < -0.3 is 10.5 Å². The molecule has 2 unspecified atom stereocenters. The van der Waals surface area contributed by atoms with Gasteiger partial charge in [-0.05, 0) is 19.8 Å². The first kappa shape index (κ1) is 14.8. The molecule has 110 valence electrons. The van der Waals surface area contributed by atoms with Crippen LogP contribution in [0.5, 0.6) is 0 Å². The Balaban J connectivity index is 1.95. The molecular formula is C14H27N3O2. The summed E-state index contributed by atoms with van der Waals surface area (Å²) in [6.45, 7) is 8.53. The summed E-state index contributed by atoms with van der Waals surface area (Å²) in [6.07, 6.45) is 4.21. The minimum Gasteiger partial charge on any atom is -0.378 e. The largest absolute Gasteiger partial charge is 0.378 e. The third-order valence-electron chi connectivity index (χ3n) is 4.85. The molecule has 2 aliphatic rings. The molecule has 0 radical (unpaired) electrons. The van der Waals surface area contributed by atoms with Gasteiger partial charge in [-0.25, -0.2) is 5.01 Å². The SMILES string of the molecule is CCOC1CC(N)(C(=O)NN2CCCCC2)C1(C)C. The molecular weight excluding hydrogens is 242 g/mol. The predicted octanol–water partition coefficient (Wildman–Crippen LogP) is 1.04. The molecule has 5 heteroatoms. The van der Waals surface area contributed by atoms with Crippen LogP contribution in [0.2, 0.25) is 0 Å². The van der Waals surface area contributed by atoms with Crippen molar-refractivity contribution in [2.24, 2.45) is 11.1 Å². The van der Waals surface area contributed by atoms with Crippen molar-refractivity contribution in [1.82, 2.24) is 10.4 Å². The van der Waals surface area contributed by atoms with Gasteiger partial charge in [0.15, 0.2) is 0 Å². The molecule has 0 aromatic heterocycles. The summed E-state index contributed by atoms with van der Waals surface area (Å²) in [5.41, 5.74) is 8.20. The summed E-state index contributed by atoms with van der Waals surface area (Å²) in [7, 11) is 0. The Labute approximate surface area is 115 Å². The highest BCUT2D eigenvalue weighted by Crippen LogP contribution is 2.49. The number of hydrogen-bond acceptors (Lipinski definition) is 4. The minimum atomic E-state index is -0.815. The number of hydrogen-bond donors (Lipinski definition) is 2. The lowest BCUT2D eigenvalue weighted by molar-refractivity contribution is -0.174. The Kier molecular flexibility index (Phi) is 4.18. The zero-order valence-corrected chi connectivity index (χ0v) is 12.4. The first-order valence-electron chi connectivity index (χ1n) is 7.38. The van der Waals surface area contributed by atoms with E-state index in [-0.39, 0.29) is 17.4 Å². The lowest BCUT2D eigenvalue weighted by Gasteiger charge is -2.57. The van der Waals surface area contributed by atoms with Crippen molar-refractivity contribution in [2.45, 2.75) is 58.1 Å². The number of piperidine rings is 1. The number of rotatable bonds is 4. The maximum Gasteiger partial charge on any atom is 0.255 e. The van der Waals surface area contributed by atoms with E-state index in [0.717, 1.165) is 25.9 Å². The third-order valence-corrected chi connectivity index (χ3v) is 4.85. The van der Waals surface area contributed by atoms with Crippen LogP contribution in [0.4, 0.5) is 0 Å². The van der Waals surface area contributed by atoms with Crippen molar-refractivity contribution in [3.63, 3.8) is 0 Å². The molecule has 2 rings (SSSR count). The van der Waals surface area contributed by atoms with E-state index in [0.29, 0.717) is 13.0 Å². The Bertz CT molecular complexity index is 340. The van der Waals surface area contributed by atoms with Gasteiger partial charge in [0, 0.05) is 31.5 Å². The van der Waals surface area contributed by atoms with Crippen LogP contribution in [-0.4, -0.2) is 42.3 Å². The van der Waals surface area contributed by atoms with Crippen molar-refractivity contribution < 1.29 is 9.53 Å². The molecule has 2 fully saturated rings. The van der Waals surface area contributed by atoms with E-state index in [4.69, 9.17) is 10.5 Å². The highest BCUT2D eigenvalue weighted by atomic mass is 16.5. The van der Waals surface area contributed by atoms with Crippen LogP contribution in [0.1, 0.15) is 46.5 Å². The molecule has 1 saturated heterocycles. The first-order valence-corrected chi connectivity index (χ1v) is 7.38. The molecule has 1 aliphatic heterocycles. The molecule has 1 amide bonds. The number of nitrogens with zero attached hydrogens (tertiary/aromatic N) is 1. The van der Waals surface area contributed by atoms with Gasteiger partial charge in [-0.1, -0.05) is 20.3 Å². The van der Waals surface area contributed by atoms with Crippen molar-refractivity contribution in [2.75, 3.05) is 19.7 Å². The fraction of sp³-hybridized carbons (Fsp3) is 0.929. The van der Waals surface area contributed by atoms with Gasteiger partial charge in [0.05, 0.1) is 6.10 Å². The lowest BCUT2D eigenvalue weighted by Crippen LogP contribution is -2.76. The average Bonchev–Trinajstić information content (AvgIpc) is 2.39. The summed E-state index contributed by atoms with van der Waals surface area (Å²) in [4.78, 5) is 12.4. The fourth-order valence-corrected chi connectivity index (χ4v) is 3.07. The van der Waals surface area contributed by atoms with Crippen LogP contribution >= 0.6 is 0 Å². The standard InChI is InChI=1S/C14H27N3O2/c1-4-19-11-10-14(15,13(11,2)3)12(18)16-17-8-6-5-7-9-17/h11H,4-10,15H2,1-3H3,(H,16,18). The van der Waals surface area contributed by atoms with E-state index < -0.39 is 5.54 Å². The van der Waals surface area contributed by atoms with Crippen molar-refractivity contribution in [3.8, 4) is 0 Å². The molecule has 2 atom stereocenters. The second-order valence-corrected chi connectivity index (χ2v) is 6.33. The van der Waals surface area contributed by atoms with Crippen LogP contribution in [-0.2, 0) is 9.53 Å². The number of nitrogens with one attached hydrogen (secondary N) is 1. The fourth-order valence-electron chi connectivity index (χ4n) is 3.07. The number of nitrogens with two attached hydrogens (primary N) is 1. The van der Waals surface area contributed by atoms with E-state index in [2.05, 4.69) is 5.43 Å². The van der Waals surface area contributed by atoms with Crippen LogP contribution in [0, 0.1) is 5.41 Å². The number of hydrazine groups is 1. The van der Waals surface area contributed by atoms with Gasteiger partial charge in [-0.3, -0.25) is 10.2 Å².